The van der Waals surface area contributed by atoms with Crippen molar-refractivity contribution in [1.29, 1.82) is 0 Å². The van der Waals surface area contributed by atoms with E-state index in [1.54, 1.807) is 6.34 Å². The molecule has 2 fully saturated rings. The van der Waals surface area contributed by atoms with Crippen LogP contribution in [0.5, 0.6) is 0 Å². The Hall–Kier alpha value is -1.66. The van der Waals surface area contributed by atoms with Crippen LogP contribution in [-0.2, 0) is 18.3 Å². The summed E-state index contributed by atoms with van der Waals surface area (Å²) < 4.78 is 29.2. The maximum atomic E-state index is 12.6. The van der Waals surface area contributed by atoms with Crippen LogP contribution in [0.2, 0.25) is 0 Å². The quantitative estimate of drug-likeness (QED) is 0.0521. The van der Waals surface area contributed by atoms with E-state index in [1.165, 1.54) is 89.3 Å². The monoisotopic (exact) mass is 656 g/mol. The number of ether oxygens (including phenoxy) is 1. The van der Waals surface area contributed by atoms with Crippen molar-refractivity contribution in [2.45, 2.75) is 147 Å². The number of unbranched alkanes of at least 4 members (excludes halogenated alkanes) is 15. The Morgan fingerprint density at radius 3 is 2.02 bits per heavy atom. The molecule has 258 valence electrons. The minimum Gasteiger partial charge on any atom is -0.387 e. The number of hydrogen-bond acceptors (Lipinski definition) is 9. The molecule has 0 amide bonds. The van der Waals surface area contributed by atoms with E-state index in [2.05, 4.69) is 16.9 Å². The Labute approximate surface area is 268 Å². The first-order valence-electron chi connectivity index (χ1n) is 17.3. The van der Waals surface area contributed by atoms with Crippen LogP contribution in [0.25, 0.3) is 0 Å². The summed E-state index contributed by atoms with van der Waals surface area (Å²) in [7, 11) is -4.38. The Bertz CT molecular complexity index is 1080. The number of phosphoric ester groups is 1. The van der Waals surface area contributed by atoms with Crippen LogP contribution in [0.4, 0.5) is 5.82 Å². The van der Waals surface area contributed by atoms with Gasteiger partial charge in [-0.25, -0.2) is 14.4 Å². The minimum absolute atomic E-state index is 0.0825. The van der Waals surface area contributed by atoms with Gasteiger partial charge in [0.25, 0.3) is 0 Å². The molecular weight excluding hydrogens is 599 g/mol. The highest BCUT2D eigenvalue weighted by Crippen LogP contribution is 2.44. The third-order valence-electron chi connectivity index (χ3n) is 8.57. The van der Waals surface area contributed by atoms with Gasteiger partial charge in [0.2, 0.25) is 0 Å². The number of aliphatic hydroxyl groups is 2. The molecule has 2 unspecified atom stereocenters. The zero-order valence-corrected chi connectivity index (χ0v) is 28.1. The molecule has 13 heteroatoms. The summed E-state index contributed by atoms with van der Waals surface area (Å²) in [6, 6.07) is 1.51. The number of phosphoric acid groups is 1. The van der Waals surface area contributed by atoms with Crippen molar-refractivity contribution in [3.8, 4) is 0 Å². The fourth-order valence-corrected chi connectivity index (χ4v) is 6.57. The maximum Gasteiger partial charge on any atom is 0.472 e. The lowest BCUT2D eigenvalue weighted by Crippen LogP contribution is -2.36. The van der Waals surface area contributed by atoms with Crippen LogP contribution in [0.15, 0.2) is 22.1 Å². The molecule has 0 aromatic carbocycles. The lowest BCUT2D eigenvalue weighted by molar-refractivity contribution is -0.0551. The van der Waals surface area contributed by atoms with E-state index >= 15 is 0 Å². The van der Waals surface area contributed by atoms with Crippen molar-refractivity contribution in [3.05, 3.63) is 22.7 Å². The van der Waals surface area contributed by atoms with Gasteiger partial charge in [-0.05, 0) is 25.3 Å². The first-order chi connectivity index (χ1) is 21.8. The molecule has 0 spiro atoms. The standard InChI is InChI=1S/C32H57N4O8P/c1-2-3-4-5-6-7-8-9-10-11-12-13-14-15-16-19-24-42-45(40,41)43-25-27-29(37)30(38)31(44-27)36-23-20-28(34-32(36)39)33-26-35-21-17-18-22-35/h20,23,26-27,29-31,37-38H,2-19,21-22,24-25H2,1H3,(H,40,41)/t27-,29+,30?,31-/m1/s1. The van der Waals surface area contributed by atoms with Crippen LogP contribution in [-0.4, -0.2) is 80.5 Å². The van der Waals surface area contributed by atoms with E-state index in [-0.39, 0.29) is 12.4 Å². The van der Waals surface area contributed by atoms with Crippen LogP contribution < -0.4 is 5.69 Å². The Morgan fingerprint density at radius 2 is 1.47 bits per heavy atom. The second-order valence-electron chi connectivity index (χ2n) is 12.4. The highest BCUT2D eigenvalue weighted by molar-refractivity contribution is 7.47. The van der Waals surface area contributed by atoms with Crippen LogP contribution in [0, 0.1) is 0 Å². The molecule has 1 aromatic heterocycles. The SMILES string of the molecule is CCCCCCCCCCCCCCCCCCOP(=O)(O)OC[C@H]1O[C@@H](n2ccc(N=CN3CCCC3)nc2=O)C(O)[C@H]1O. The number of nitrogens with zero attached hydrogens (tertiary/aromatic N) is 4. The van der Waals surface area contributed by atoms with E-state index < -0.39 is 44.7 Å². The Balaban J connectivity index is 1.23. The molecule has 0 aliphatic carbocycles. The van der Waals surface area contributed by atoms with Crippen LogP contribution in [0.1, 0.15) is 129 Å². The van der Waals surface area contributed by atoms with Crippen molar-refractivity contribution >= 4 is 20.0 Å². The van der Waals surface area contributed by atoms with Crippen molar-refractivity contribution in [2.24, 2.45) is 4.99 Å². The molecule has 3 rings (SSSR count). The van der Waals surface area contributed by atoms with E-state index in [9.17, 15) is 24.5 Å². The first-order valence-corrected chi connectivity index (χ1v) is 18.8. The summed E-state index contributed by atoms with van der Waals surface area (Å²) in [5.74, 6) is 0.221. The normalized spacial score (nSPS) is 23.3. The van der Waals surface area contributed by atoms with Gasteiger partial charge in [-0.1, -0.05) is 103 Å². The number of aromatic nitrogens is 2. The Morgan fingerprint density at radius 1 is 0.911 bits per heavy atom. The molecule has 0 radical (unpaired) electrons. The molecule has 0 saturated carbocycles. The fraction of sp³-hybridized carbons (Fsp3) is 0.844. The third-order valence-corrected chi connectivity index (χ3v) is 9.56. The summed E-state index contributed by atoms with van der Waals surface area (Å²) in [5, 5.41) is 20.9. The number of aliphatic imine (C=N–C) groups is 1. The number of aliphatic hydroxyl groups excluding tert-OH is 2. The molecular formula is C32H57N4O8P. The molecule has 45 heavy (non-hydrogen) atoms. The molecule has 2 aliphatic heterocycles. The second kappa shape index (κ2) is 21.3. The van der Waals surface area contributed by atoms with Crippen LogP contribution in [0.3, 0.4) is 0 Å². The van der Waals surface area contributed by atoms with Crippen molar-refractivity contribution in [3.63, 3.8) is 0 Å². The Kier molecular flexibility index (Phi) is 17.9. The number of hydrogen-bond donors (Lipinski definition) is 3. The molecule has 1 aromatic rings. The molecule has 0 bridgehead atoms. The summed E-state index contributed by atoms with van der Waals surface area (Å²) in [6.07, 6.45) is 19.7. The predicted octanol–water partition coefficient (Wildman–Crippen LogP) is 6.01. The first kappa shape index (κ1) is 37.8. The molecule has 3 heterocycles. The van der Waals surface area contributed by atoms with Gasteiger partial charge in [0.1, 0.15) is 18.3 Å². The average Bonchev–Trinajstić information content (AvgIpc) is 3.64. The van der Waals surface area contributed by atoms with Gasteiger partial charge in [0, 0.05) is 19.3 Å². The van der Waals surface area contributed by atoms with Gasteiger partial charge < -0.3 is 24.7 Å². The van der Waals surface area contributed by atoms with E-state index in [0.29, 0.717) is 6.42 Å². The molecule has 2 aliphatic rings. The zero-order valence-electron chi connectivity index (χ0n) is 27.2. The highest BCUT2D eigenvalue weighted by Gasteiger charge is 2.45. The second-order valence-corrected chi connectivity index (χ2v) is 13.9. The van der Waals surface area contributed by atoms with Crippen molar-refractivity contribution in [1.82, 2.24) is 14.5 Å². The van der Waals surface area contributed by atoms with Gasteiger partial charge in [0.05, 0.1) is 19.6 Å². The third kappa shape index (κ3) is 14.3. The predicted molar refractivity (Wildman–Crippen MR) is 175 cm³/mol. The molecule has 12 nitrogen and oxygen atoms in total. The zero-order chi connectivity index (χ0) is 32.3. The molecule has 5 atom stereocenters. The summed E-state index contributed by atoms with van der Waals surface area (Å²) in [5.41, 5.74) is -0.709. The number of likely N-dealkylation sites (tertiary alicyclic amines) is 1. The molecule has 2 saturated heterocycles. The van der Waals surface area contributed by atoms with Crippen molar-refractivity contribution < 1.29 is 33.5 Å². The fourth-order valence-electron chi connectivity index (χ4n) is 5.80. The largest absolute Gasteiger partial charge is 0.472 e. The molecule has 3 N–H and O–H groups in total. The average molecular weight is 657 g/mol. The van der Waals surface area contributed by atoms with E-state index in [0.717, 1.165) is 49.8 Å². The van der Waals surface area contributed by atoms with Gasteiger partial charge in [0.15, 0.2) is 12.0 Å². The van der Waals surface area contributed by atoms with Gasteiger partial charge in [-0.15, -0.1) is 0 Å². The van der Waals surface area contributed by atoms with Gasteiger partial charge >= 0.3 is 13.5 Å². The van der Waals surface area contributed by atoms with E-state index in [1.807, 2.05) is 4.90 Å². The van der Waals surface area contributed by atoms with Crippen LogP contribution >= 0.6 is 7.82 Å². The lowest BCUT2D eigenvalue weighted by atomic mass is 10.0. The smallest absolute Gasteiger partial charge is 0.387 e. The lowest BCUT2D eigenvalue weighted by Gasteiger charge is -2.18. The van der Waals surface area contributed by atoms with Gasteiger partial charge in [-0.3, -0.25) is 13.6 Å². The maximum absolute atomic E-state index is 12.6. The summed E-state index contributed by atoms with van der Waals surface area (Å²) in [4.78, 5) is 32.8. The topological polar surface area (TPSA) is 156 Å². The van der Waals surface area contributed by atoms with E-state index in [4.69, 9.17) is 13.8 Å². The summed E-state index contributed by atoms with van der Waals surface area (Å²) >= 11 is 0. The van der Waals surface area contributed by atoms with Gasteiger partial charge in [-0.2, -0.15) is 4.98 Å². The summed E-state index contributed by atoms with van der Waals surface area (Å²) in [6.45, 7) is 3.66. The number of rotatable bonds is 24. The van der Waals surface area contributed by atoms with Crippen molar-refractivity contribution in [2.75, 3.05) is 26.3 Å². The minimum atomic E-state index is -4.38. The highest BCUT2D eigenvalue weighted by atomic mass is 31.2.